The van der Waals surface area contributed by atoms with Crippen LogP contribution in [0.15, 0.2) is 40.8 Å². The van der Waals surface area contributed by atoms with Gasteiger partial charge in [-0.05, 0) is 18.2 Å². The van der Waals surface area contributed by atoms with Gasteiger partial charge in [-0.3, -0.25) is 14.0 Å². The lowest BCUT2D eigenvalue weighted by molar-refractivity contribution is -0.143. The Bertz CT molecular complexity index is 1050. The van der Waals surface area contributed by atoms with E-state index >= 15 is 0 Å². The number of hydrogen-bond acceptors (Lipinski definition) is 4. The quantitative estimate of drug-likeness (QED) is 0.652. The van der Waals surface area contributed by atoms with Gasteiger partial charge in [-0.25, -0.2) is 4.98 Å². The molecule has 0 unspecified atom stereocenters. The number of alkyl halides is 6. The topological polar surface area (TPSA) is 63.5 Å². The molecule has 0 spiro atoms. The SMILES string of the molecule is O=C(Nc1cc(C(F)(F)F)cc(C(F)(F)F)c1)c1cnc2sccn2c1=O. The van der Waals surface area contributed by atoms with E-state index in [1.54, 1.807) is 0 Å². The number of carbonyl (C=O) groups excluding carboxylic acids is 1. The molecule has 0 aliphatic rings. The average Bonchev–Trinajstić information content (AvgIpc) is 3.02. The first-order chi connectivity index (χ1) is 12.5. The summed E-state index contributed by atoms with van der Waals surface area (Å²) >= 11 is 1.11. The highest BCUT2D eigenvalue weighted by molar-refractivity contribution is 7.15. The second-order valence-electron chi connectivity index (χ2n) is 5.28. The molecule has 0 aliphatic carbocycles. The van der Waals surface area contributed by atoms with Crippen LogP contribution < -0.4 is 10.9 Å². The fourth-order valence-corrected chi connectivity index (χ4v) is 2.88. The average molecular weight is 407 g/mol. The maximum Gasteiger partial charge on any atom is 0.416 e. The number of rotatable bonds is 2. The first-order valence-electron chi connectivity index (χ1n) is 7.02. The highest BCUT2D eigenvalue weighted by atomic mass is 32.1. The van der Waals surface area contributed by atoms with Crippen molar-refractivity contribution >= 4 is 27.9 Å². The number of carbonyl (C=O) groups is 1. The third kappa shape index (κ3) is 3.79. The fourth-order valence-electron chi connectivity index (χ4n) is 2.21. The van der Waals surface area contributed by atoms with Crippen LogP contribution in [-0.4, -0.2) is 15.3 Å². The summed E-state index contributed by atoms with van der Waals surface area (Å²) in [6.45, 7) is 0. The minimum atomic E-state index is -5.06. The first kappa shape index (κ1) is 18.9. The van der Waals surface area contributed by atoms with Crippen LogP contribution in [0.25, 0.3) is 4.96 Å². The molecule has 2 aromatic heterocycles. The molecule has 27 heavy (non-hydrogen) atoms. The van der Waals surface area contributed by atoms with Gasteiger partial charge in [0, 0.05) is 23.5 Å². The van der Waals surface area contributed by atoms with Crippen molar-refractivity contribution in [2.75, 3.05) is 5.32 Å². The van der Waals surface area contributed by atoms with Crippen LogP contribution >= 0.6 is 11.3 Å². The molecule has 0 radical (unpaired) electrons. The Morgan fingerprint density at radius 3 is 2.19 bits per heavy atom. The van der Waals surface area contributed by atoms with E-state index in [9.17, 15) is 35.9 Å². The van der Waals surface area contributed by atoms with E-state index in [1.165, 1.54) is 11.6 Å². The van der Waals surface area contributed by atoms with Crippen LogP contribution in [0.4, 0.5) is 32.0 Å². The van der Waals surface area contributed by atoms with Gasteiger partial charge in [0.15, 0.2) is 4.96 Å². The number of aromatic nitrogens is 2. The zero-order valence-corrected chi connectivity index (χ0v) is 13.7. The molecule has 5 nitrogen and oxygen atoms in total. The van der Waals surface area contributed by atoms with Gasteiger partial charge < -0.3 is 5.32 Å². The molecule has 1 N–H and O–H groups in total. The number of amides is 1. The van der Waals surface area contributed by atoms with Gasteiger partial charge in [0.2, 0.25) is 0 Å². The molecule has 1 aromatic carbocycles. The Labute approximate surface area is 149 Å². The van der Waals surface area contributed by atoms with Crippen molar-refractivity contribution in [2.45, 2.75) is 12.4 Å². The predicted octanol–water partition coefficient (Wildman–Crippen LogP) is 4.05. The number of halogens is 6. The number of hydrogen-bond donors (Lipinski definition) is 1. The fraction of sp³-hybridized carbons (Fsp3) is 0.133. The van der Waals surface area contributed by atoms with E-state index in [0.29, 0.717) is 12.1 Å². The minimum absolute atomic E-state index is 0.0660. The molecule has 3 rings (SSSR count). The van der Waals surface area contributed by atoms with Crippen LogP contribution in [0.3, 0.4) is 0 Å². The molecule has 1 amide bonds. The molecular weight excluding hydrogens is 400 g/mol. The van der Waals surface area contributed by atoms with Gasteiger partial charge in [0.05, 0.1) is 11.1 Å². The Morgan fingerprint density at radius 2 is 1.63 bits per heavy atom. The molecule has 0 fully saturated rings. The van der Waals surface area contributed by atoms with Gasteiger partial charge in [-0.1, -0.05) is 0 Å². The van der Waals surface area contributed by atoms with Crippen LogP contribution in [0, 0.1) is 0 Å². The number of nitrogens with one attached hydrogen (secondary N) is 1. The van der Waals surface area contributed by atoms with Crippen molar-refractivity contribution in [3.05, 3.63) is 63.0 Å². The second-order valence-corrected chi connectivity index (χ2v) is 6.15. The molecule has 2 heterocycles. The lowest BCUT2D eigenvalue weighted by atomic mass is 10.1. The van der Waals surface area contributed by atoms with E-state index in [0.717, 1.165) is 21.9 Å². The molecule has 12 heteroatoms. The Morgan fingerprint density at radius 1 is 1.04 bits per heavy atom. The summed E-state index contributed by atoms with van der Waals surface area (Å²) in [7, 11) is 0. The molecule has 0 saturated heterocycles. The number of fused-ring (bicyclic) bond motifs is 1. The van der Waals surface area contributed by atoms with Crippen molar-refractivity contribution in [2.24, 2.45) is 0 Å². The summed E-state index contributed by atoms with van der Waals surface area (Å²) in [5, 5.41) is 3.41. The van der Waals surface area contributed by atoms with Crippen LogP contribution in [0.5, 0.6) is 0 Å². The second kappa shape index (κ2) is 6.37. The summed E-state index contributed by atoms with van der Waals surface area (Å²) < 4.78 is 78.2. The van der Waals surface area contributed by atoms with Crippen LogP contribution in [0.2, 0.25) is 0 Å². The highest BCUT2D eigenvalue weighted by Crippen LogP contribution is 2.37. The number of anilines is 1. The van der Waals surface area contributed by atoms with Crippen molar-refractivity contribution in [3.8, 4) is 0 Å². The monoisotopic (exact) mass is 407 g/mol. The minimum Gasteiger partial charge on any atom is -0.322 e. The molecule has 3 aromatic rings. The van der Waals surface area contributed by atoms with Crippen molar-refractivity contribution in [1.29, 1.82) is 0 Å². The maximum absolute atomic E-state index is 12.9. The van der Waals surface area contributed by atoms with E-state index < -0.39 is 46.2 Å². The van der Waals surface area contributed by atoms with Gasteiger partial charge >= 0.3 is 12.4 Å². The Hall–Kier alpha value is -2.89. The van der Waals surface area contributed by atoms with Gasteiger partial charge in [0.25, 0.3) is 11.5 Å². The van der Waals surface area contributed by atoms with Crippen LogP contribution in [-0.2, 0) is 12.4 Å². The Balaban J connectivity index is 2.02. The molecular formula is C15H7F6N3O2S. The number of nitrogens with zero attached hydrogens (tertiary/aromatic N) is 2. The molecule has 0 aliphatic heterocycles. The summed E-state index contributed by atoms with van der Waals surface area (Å²) in [4.78, 5) is 28.5. The number of benzene rings is 1. The van der Waals surface area contributed by atoms with E-state index in [-0.39, 0.29) is 11.0 Å². The largest absolute Gasteiger partial charge is 0.416 e. The van der Waals surface area contributed by atoms with E-state index in [1.807, 2.05) is 5.32 Å². The van der Waals surface area contributed by atoms with Crippen molar-refractivity contribution in [3.63, 3.8) is 0 Å². The molecule has 0 saturated carbocycles. The summed E-state index contributed by atoms with van der Waals surface area (Å²) in [6.07, 6.45) is -7.88. The van der Waals surface area contributed by atoms with Gasteiger partial charge in [0.1, 0.15) is 5.56 Å². The normalized spacial score (nSPS) is 12.4. The third-order valence-corrected chi connectivity index (χ3v) is 4.20. The standard InChI is InChI=1S/C15H7F6N3O2S/c16-14(17,18)7-3-8(15(19,20)21)5-9(4-7)23-11(25)10-6-22-13-24(12(10)26)1-2-27-13/h1-6H,(H,23,25). The predicted molar refractivity (Wildman–Crippen MR) is 83.7 cm³/mol. The van der Waals surface area contributed by atoms with Gasteiger partial charge in [-0.2, -0.15) is 26.3 Å². The number of thiazole rings is 1. The molecule has 0 atom stereocenters. The van der Waals surface area contributed by atoms with E-state index in [2.05, 4.69) is 4.98 Å². The maximum atomic E-state index is 12.9. The van der Waals surface area contributed by atoms with Crippen molar-refractivity contribution in [1.82, 2.24) is 9.38 Å². The van der Waals surface area contributed by atoms with Crippen molar-refractivity contribution < 1.29 is 31.1 Å². The summed E-state index contributed by atoms with van der Waals surface area (Å²) in [5.41, 5.74) is -5.26. The molecule has 0 bridgehead atoms. The smallest absolute Gasteiger partial charge is 0.322 e. The molecule has 142 valence electrons. The zero-order chi connectivity index (χ0) is 20.0. The Kier molecular flexibility index (Phi) is 4.46. The van der Waals surface area contributed by atoms with E-state index in [4.69, 9.17) is 0 Å². The van der Waals surface area contributed by atoms with Gasteiger partial charge in [-0.15, -0.1) is 11.3 Å². The first-order valence-corrected chi connectivity index (χ1v) is 7.90. The highest BCUT2D eigenvalue weighted by Gasteiger charge is 2.37. The zero-order valence-electron chi connectivity index (χ0n) is 12.9. The third-order valence-electron chi connectivity index (χ3n) is 3.43. The lowest BCUT2D eigenvalue weighted by Crippen LogP contribution is -2.26. The van der Waals surface area contributed by atoms with Crippen LogP contribution in [0.1, 0.15) is 21.5 Å². The lowest BCUT2D eigenvalue weighted by Gasteiger charge is -2.14. The summed E-state index contributed by atoms with van der Waals surface area (Å²) in [6, 6.07) is 0.631. The summed E-state index contributed by atoms with van der Waals surface area (Å²) in [5.74, 6) is -1.18.